The zero-order valence-electron chi connectivity index (χ0n) is 12.0. The van der Waals surface area contributed by atoms with Gasteiger partial charge in [-0.2, -0.15) is 0 Å². The Morgan fingerprint density at radius 3 is 2.89 bits per heavy atom. The topological polar surface area (TPSA) is 12.0 Å². The van der Waals surface area contributed by atoms with Crippen LogP contribution in [-0.2, 0) is 0 Å². The molecule has 1 aromatic rings. The molecular formula is C16H27NS. The molecule has 2 heteroatoms. The van der Waals surface area contributed by atoms with Crippen molar-refractivity contribution < 1.29 is 0 Å². The molecule has 1 saturated carbocycles. The van der Waals surface area contributed by atoms with E-state index in [1.165, 1.54) is 37.7 Å². The highest BCUT2D eigenvalue weighted by atomic mass is 32.1. The van der Waals surface area contributed by atoms with Crippen molar-refractivity contribution in [3.63, 3.8) is 0 Å². The van der Waals surface area contributed by atoms with Gasteiger partial charge < -0.3 is 5.32 Å². The molecule has 1 aliphatic carbocycles. The minimum absolute atomic E-state index is 0.604. The number of nitrogens with one attached hydrogen (secondary N) is 1. The van der Waals surface area contributed by atoms with Crippen LogP contribution in [0.25, 0.3) is 0 Å². The average Bonchev–Trinajstić information content (AvgIpc) is 2.77. The number of aryl methyl sites for hydroxylation is 1. The van der Waals surface area contributed by atoms with Crippen molar-refractivity contribution in [2.75, 3.05) is 6.54 Å². The van der Waals surface area contributed by atoms with Crippen LogP contribution in [0.4, 0.5) is 0 Å². The maximum Gasteiger partial charge on any atom is 0.0446 e. The zero-order valence-corrected chi connectivity index (χ0v) is 12.9. The molecule has 1 N–H and O–H groups in total. The SMILES string of the molecule is CCCNC(c1sccc1C)C1CCCC(C)C1. The number of rotatable bonds is 5. The Hall–Kier alpha value is -0.340. The van der Waals surface area contributed by atoms with Gasteiger partial charge in [-0.25, -0.2) is 0 Å². The molecule has 102 valence electrons. The smallest absolute Gasteiger partial charge is 0.0446 e. The molecule has 1 nitrogen and oxygen atoms in total. The Bertz CT molecular complexity index is 358. The van der Waals surface area contributed by atoms with Crippen LogP contribution in [-0.4, -0.2) is 6.54 Å². The van der Waals surface area contributed by atoms with E-state index < -0.39 is 0 Å². The number of thiophene rings is 1. The van der Waals surface area contributed by atoms with Crippen LogP contribution < -0.4 is 5.32 Å². The van der Waals surface area contributed by atoms with Crippen molar-refractivity contribution in [2.45, 2.75) is 58.9 Å². The van der Waals surface area contributed by atoms with Crippen LogP contribution in [0.15, 0.2) is 11.4 Å². The summed E-state index contributed by atoms with van der Waals surface area (Å²) in [6, 6.07) is 2.88. The summed E-state index contributed by atoms with van der Waals surface area (Å²) in [6.07, 6.45) is 6.88. The van der Waals surface area contributed by atoms with Gasteiger partial charge >= 0.3 is 0 Å². The standard InChI is InChI=1S/C16H27NS/c1-4-9-17-15(16-13(3)8-10-18-16)14-7-5-6-12(2)11-14/h8,10,12,14-15,17H,4-7,9,11H2,1-3H3. The average molecular weight is 265 g/mol. The molecule has 1 aliphatic rings. The van der Waals surface area contributed by atoms with Gasteiger partial charge in [-0.1, -0.05) is 26.7 Å². The molecule has 0 bridgehead atoms. The third-order valence-corrected chi connectivity index (χ3v) is 5.35. The first-order valence-electron chi connectivity index (χ1n) is 7.49. The zero-order chi connectivity index (χ0) is 13.0. The van der Waals surface area contributed by atoms with E-state index in [4.69, 9.17) is 0 Å². The highest BCUT2D eigenvalue weighted by Gasteiger charge is 2.28. The molecule has 0 amide bonds. The quantitative estimate of drug-likeness (QED) is 0.796. The van der Waals surface area contributed by atoms with Gasteiger partial charge in [-0.05, 0) is 61.6 Å². The van der Waals surface area contributed by atoms with Crippen molar-refractivity contribution in [3.8, 4) is 0 Å². The van der Waals surface area contributed by atoms with Gasteiger partial charge in [0.2, 0.25) is 0 Å². The summed E-state index contributed by atoms with van der Waals surface area (Å²) in [7, 11) is 0. The lowest BCUT2D eigenvalue weighted by Crippen LogP contribution is -2.31. The fourth-order valence-electron chi connectivity index (χ4n) is 3.26. The summed E-state index contributed by atoms with van der Waals surface area (Å²) < 4.78 is 0. The van der Waals surface area contributed by atoms with Crippen LogP contribution in [0, 0.1) is 18.8 Å². The Labute approximate surface area is 116 Å². The minimum atomic E-state index is 0.604. The van der Waals surface area contributed by atoms with Gasteiger partial charge in [-0.15, -0.1) is 11.3 Å². The Kier molecular flexibility index (Phi) is 5.25. The Balaban J connectivity index is 2.11. The monoisotopic (exact) mass is 265 g/mol. The molecule has 3 unspecified atom stereocenters. The van der Waals surface area contributed by atoms with Crippen molar-refractivity contribution in [2.24, 2.45) is 11.8 Å². The number of hydrogen-bond donors (Lipinski definition) is 1. The predicted molar refractivity (Wildman–Crippen MR) is 81.2 cm³/mol. The normalized spacial score (nSPS) is 26.2. The Morgan fingerprint density at radius 2 is 2.28 bits per heavy atom. The molecule has 1 fully saturated rings. The van der Waals surface area contributed by atoms with E-state index in [0.29, 0.717) is 6.04 Å². The van der Waals surface area contributed by atoms with Crippen molar-refractivity contribution in [1.82, 2.24) is 5.32 Å². The summed E-state index contributed by atoms with van der Waals surface area (Å²) in [5, 5.41) is 6.06. The minimum Gasteiger partial charge on any atom is -0.309 e. The third-order valence-electron chi connectivity index (χ3n) is 4.25. The molecular weight excluding hydrogens is 238 g/mol. The maximum atomic E-state index is 3.81. The largest absolute Gasteiger partial charge is 0.309 e. The van der Waals surface area contributed by atoms with Gasteiger partial charge in [0.15, 0.2) is 0 Å². The van der Waals surface area contributed by atoms with Crippen LogP contribution in [0.2, 0.25) is 0 Å². The highest BCUT2D eigenvalue weighted by molar-refractivity contribution is 7.10. The Morgan fingerprint density at radius 1 is 1.44 bits per heavy atom. The van der Waals surface area contributed by atoms with E-state index in [0.717, 1.165) is 18.4 Å². The summed E-state index contributed by atoms with van der Waals surface area (Å²) in [6.45, 7) is 8.09. The molecule has 3 atom stereocenters. The maximum absolute atomic E-state index is 3.81. The van der Waals surface area contributed by atoms with E-state index in [1.807, 2.05) is 11.3 Å². The van der Waals surface area contributed by atoms with E-state index in [2.05, 4.69) is 37.5 Å². The molecule has 0 aromatic carbocycles. The van der Waals surface area contributed by atoms with Gasteiger partial charge in [-0.3, -0.25) is 0 Å². The lowest BCUT2D eigenvalue weighted by atomic mass is 9.78. The highest BCUT2D eigenvalue weighted by Crippen LogP contribution is 2.39. The molecule has 2 rings (SSSR count). The van der Waals surface area contributed by atoms with Gasteiger partial charge in [0, 0.05) is 10.9 Å². The summed E-state index contributed by atoms with van der Waals surface area (Å²) in [4.78, 5) is 1.59. The van der Waals surface area contributed by atoms with Gasteiger partial charge in [0.05, 0.1) is 0 Å². The van der Waals surface area contributed by atoms with Crippen LogP contribution in [0.3, 0.4) is 0 Å². The summed E-state index contributed by atoms with van der Waals surface area (Å²) in [5.74, 6) is 1.76. The lowest BCUT2D eigenvalue weighted by Gasteiger charge is -2.34. The first-order valence-corrected chi connectivity index (χ1v) is 8.37. The summed E-state index contributed by atoms with van der Waals surface area (Å²) >= 11 is 1.94. The molecule has 0 saturated heterocycles. The van der Waals surface area contributed by atoms with Gasteiger partial charge in [0.25, 0.3) is 0 Å². The molecule has 0 radical (unpaired) electrons. The third kappa shape index (κ3) is 3.36. The van der Waals surface area contributed by atoms with Crippen LogP contribution in [0.5, 0.6) is 0 Å². The van der Waals surface area contributed by atoms with E-state index in [1.54, 1.807) is 4.88 Å². The second kappa shape index (κ2) is 6.72. The lowest BCUT2D eigenvalue weighted by molar-refractivity contribution is 0.225. The molecule has 1 aromatic heterocycles. The predicted octanol–water partition coefficient (Wildman–Crippen LogP) is 4.92. The first kappa shape index (κ1) is 14.1. The van der Waals surface area contributed by atoms with Gasteiger partial charge in [0.1, 0.15) is 0 Å². The van der Waals surface area contributed by atoms with Crippen molar-refractivity contribution >= 4 is 11.3 Å². The first-order chi connectivity index (χ1) is 8.72. The second-order valence-corrected chi connectivity index (χ2v) is 6.88. The van der Waals surface area contributed by atoms with Crippen molar-refractivity contribution in [1.29, 1.82) is 0 Å². The van der Waals surface area contributed by atoms with Crippen molar-refractivity contribution in [3.05, 3.63) is 21.9 Å². The fourth-order valence-corrected chi connectivity index (χ4v) is 4.36. The second-order valence-electron chi connectivity index (χ2n) is 5.93. The van der Waals surface area contributed by atoms with Crippen LogP contribution in [0.1, 0.15) is 62.4 Å². The van der Waals surface area contributed by atoms with Crippen LogP contribution >= 0.6 is 11.3 Å². The van der Waals surface area contributed by atoms with E-state index in [9.17, 15) is 0 Å². The van der Waals surface area contributed by atoms with E-state index in [-0.39, 0.29) is 0 Å². The summed E-state index contributed by atoms with van der Waals surface area (Å²) in [5.41, 5.74) is 1.48. The van der Waals surface area contributed by atoms with E-state index >= 15 is 0 Å². The number of hydrogen-bond acceptors (Lipinski definition) is 2. The molecule has 0 aliphatic heterocycles. The fraction of sp³-hybridized carbons (Fsp3) is 0.750. The molecule has 1 heterocycles. The molecule has 0 spiro atoms. The molecule has 18 heavy (non-hydrogen) atoms.